The van der Waals surface area contributed by atoms with E-state index >= 15 is 0 Å². The van der Waals surface area contributed by atoms with E-state index in [4.69, 9.17) is 0 Å². The number of hydrogen-bond acceptors (Lipinski definition) is 1. The Hall–Kier alpha value is -0.830. The Labute approximate surface area is 125 Å². The van der Waals surface area contributed by atoms with Crippen molar-refractivity contribution in [2.45, 2.75) is 53.5 Å². The molecule has 1 N–H and O–H groups in total. The Kier molecular flexibility index (Phi) is 4.83. The van der Waals surface area contributed by atoms with E-state index in [2.05, 4.69) is 55.9 Å². The molecule has 0 saturated carbocycles. The molecule has 1 amide bonds. The average Bonchev–Trinajstić information content (AvgIpc) is 2.10. The first-order valence-electron chi connectivity index (χ1n) is 6.58. The van der Waals surface area contributed by atoms with Gasteiger partial charge in [-0.2, -0.15) is 0 Å². The van der Waals surface area contributed by atoms with Gasteiger partial charge in [-0.25, -0.2) is 0 Å². The largest absolute Gasteiger partial charge is 0.347 e. The average molecular weight is 326 g/mol. The van der Waals surface area contributed by atoms with E-state index < -0.39 is 0 Å². The van der Waals surface area contributed by atoms with Crippen LogP contribution in [0.5, 0.6) is 0 Å². The number of carbonyl (C=O) groups excluding carboxylic acids is 1. The zero-order valence-electron chi connectivity index (χ0n) is 12.7. The third-order valence-electron chi connectivity index (χ3n) is 2.73. The fraction of sp³-hybridized carbons (Fsp3) is 0.562. The van der Waals surface area contributed by atoms with Crippen molar-refractivity contribution in [3.63, 3.8) is 0 Å². The molecule has 0 aliphatic rings. The van der Waals surface area contributed by atoms with Gasteiger partial charge in [0.15, 0.2) is 0 Å². The summed E-state index contributed by atoms with van der Waals surface area (Å²) >= 11 is 3.43. The molecule has 0 aliphatic carbocycles. The molecule has 0 aliphatic heterocycles. The molecule has 3 heteroatoms. The van der Waals surface area contributed by atoms with E-state index in [0.717, 1.165) is 16.5 Å². The number of rotatable bonds is 3. The van der Waals surface area contributed by atoms with Gasteiger partial charge in [0, 0.05) is 15.6 Å². The lowest BCUT2D eigenvalue weighted by atomic mass is 9.81. The topological polar surface area (TPSA) is 29.1 Å². The predicted molar refractivity (Wildman–Crippen MR) is 84.5 cm³/mol. The van der Waals surface area contributed by atoms with E-state index in [-0.39, 0.29) is 16.9 Å². The number of nitrogens with one attached hydrogen (secondary N) is 1. The molecule has 0 unspecified atom stereocenters. The summed E-state index contributed by atoms with van der Waals surface area (Å²) in [6.45, 7) is 12.7. The Morgan fingerprint density at radius 2 is 1.74 bits per heavy atom. The van der Waals surface area contributed by atoms with Crippen molar-refractivity contribution in [1.82, 2.24) is 5.32 Å². The number of amides is 1. The second kappa shape index (κ2) is 5.66. The quantitative estimate of drug-likeness (QED) is 0.857. The van der Waals surface area contributed by atoms with Crippen LogP contribution in [0.1, 0.15) is 57.0 Å². The zero-order chi connectivity index (χ0) is 14.8. The molecule has 2 nitrogen and oxygen atoms in total. The fourth-order valence-corrected chi connectivity index (χ4v) is 3.22. The van der Waals surface area contributed by atoms with Crippen LogP contribution in [0.3, 0.4) is 0 Å². The van der Waals surface area contributed by atoms with Crippen molar-refractivity contribution < 1.29 is 4.79 Å². The summed E-state index contributed by atoms with van der Waals surface area (Å²) in [5.41, 5.74) is 1.75. The van der Waals surface area contributed by atoms with E-state index in [0.29, 0.717) is 5.56 Å². The van der Waals surface area contributed by atoms with Gasteiger partial charge in [-0.3, -0.25) is 4.79 Å². The zero-order valence-corrected chi connectivity index (χ0v) is 14.3. The Balaban J connectivity index is 2.84. The smallest absolute Gasteiger partial charge is 0.251 e. The molecule has 1 rings (SSSR count). The molecular weight excluding hydrogens is 302 g/mol. The van der Waals surface area contributed by atoms with Crippen LogP contribution in [0.4, 0.5) is 0 Å². The Morgan fingerprint density at radius 3 is 2.21 bits per heavy atom. The lowest BCUT2D eigenvalue weighted by Crippen LogP contribution is -2.45. The highest BCUT2D eigenvalue weighted by atomic mass is 79.9. The van der Waals surface area contributed by atoms with Crippen molar-refractivity contribution in [3.8, 4) is 0 Å². The normalized spacial score (nSPS) is 12.4. The first-order valence-corrected chi connectivity index (χ1v) is 7.38. The van der Waals surface area contributed by atoms with Crippen molar-refractivity contribution in [2.24, 2.45) is 5.41 Å². The van der Waals surface area contributed by atoms with Gasteiger partial charge in [0.2, 0.25) is 0 Å². The maximum absolute atomic E-state index is 12.3. The molecule has 19 heavy (non-hydrogen) atoms. The van der Waals surface area contributed by atoms with Crippen LogP contribution in [0, 0.1) is 12.3 Å². The molecule has 0 bridgehead atoms. The number of carbonyl (C=O) groups is 1. The molecule has 0 spiro atoms. The van der Waals surface area contributed by atoms with Gasteiger partial charge < -0.3 is 5.32 Å². The van der Waals surface area contributed by atoms with Crippen LogP contribution in [0.25, 0.3) is 0 Å². The lowest BCUT2D eigenvalue weighted by molar-refractivity contribution is 0.0891. The number of aryl methyl sites for hydroxylation is 1. The monoisotopic (exact) mass is 325 g/mol. The van der Waals surface area contributed by atoms with E-state index in [1.807, 2.05) is 25.1 Å². The van der Waals surface area contributed by atoms with Gasteiger partial charge >= 0.3 is 0 Å². The number of benzene rings is 1. The SMILES string of the molecule is Cc1cc(Br)cc(C(=O)NC(C)(C)CC(C)(C)C)c1. The van der Waals surface area contributed by atoms with Crippen LogP contribution >= 0.6 is 15.9 Å². The number of halogens is 1. The van der Waals surface area contributed by atoms with Crippen LogP contribution < -0.4 is 5.32 Å². The minimum atomic E-state index is -0.217. The third-order valence-corrected chi connectivity index (χ3v) is 3.19. The summed E-state index contributed by atoms with van der Waals surface area (Å²) < 4.78 is 0.936. The minimum absolute atomic E-state index is 0.0151. The van der Waals surface area contributed by atoms with Gasteiger partial charge in [0.25, 0.3) is 5.91 Å². The summed E-state index contributed by atoms with van der Waals surface area (Å²) in [5.74, 6) is -0.0151. The summed E-state index contributed by atoms with van der Waals surface area (Å²) in [6, 6.07) is 5.76. The first kappa shape index (κ1) is 16.2. The molecule has 106 valence electrons. The highest BCUT2D eigenvalue weighted by Crippen LogP contribution is 2.27. The van der Waals surface area contributed by atoms with Gasteiger partial charge in [-0.15, -0.1) is 0 Å². The maximum Gasteiger partial charge on any atom is 0.251 e. The van der Waals surface area contributed by atoms with Gasteiger partial charge in [0.05, 0.1) is 0 Å². The van der Waals surface area contributed by atoms with E-state index in [9.17, 15) is 4.79 Å². The molecule has 0 atom stereocenters. The Bertz CT molecular complexity index is 452. The van der Waals surface area contributed by atoms with Gasteiger partial charge in [-0.1, -0.05) is 36.7 Å². The highest BCUT2D eigenvalue weighted by Gasteiger charge is 2.27. The number of hydrogen-bond donors (Lipinski definition) is 1. The minimum Gasteiger partial charge on any atom is -0.347 e. The lowest BCUT2D eigenvalue weighted by Gasteiger charge is -2.33. The van der Waals surface area contributed by atoms with Crippen molar-refractivity contribution in [3.05, 3.63) is 33.8 Å². The third kappa shape index (κ3) is 5.77. The van der Waals surface area contributed by atoms with Gasteiger partial charge in [-0.05, 0) is 56.4 Å². The molecule has 0 saturated heterocycles. The fourth-order valence-electron chi connectivity index (χ4n) is 2.62. The van der Waals surface area contributed by atoms with Crippen molar-refractivity contribution in [1.29, 1.82) is 0 Å². The molecule has 0 aromatic heterocycles. The molecule has 0 heterocycles. The predicted octanol–water partition coefficient (Wildman–Crippen LogP) is 4.70. The van der Waals surface area contributed by atoms with Crippen molar-refractivity contribution in [2.75, 3.05) is 0 Å². The second-order valence-electron chi connectivity index (χ2n) is 7.09. The van der Waals surface area contributed by atoms with Crippen LogP contribution in [-0.2, 0) is 0 Å². The van der Waals surface area contributed by atoms with Gasteiger partial charge in [0.1, 0.15) is 0 Å². The molecule has 0 fully saturated rings. The van der Waals surface area contributed by atoms with E-state index in [1.54, 1.807) is 0 Å². The molecule has 1 aromatic carbocycles. The molecule has 1 aromatic rings. The summed E-state index contributed by atoms with van der Waals surface area (Å²) in [5, 5.41) is 3.12. The summed E-state index contributed by atoms with van der Waals surface area (Å²) in [7, 11) is 0. The highest BCUT2D eigenvalue weighted by molar-refractivity contribution is 9.10. The Morgan fingerprint density at radius 1 is 1.16 bits per heavy atom. The standard InChI is InChI=1S/C16H24BrNO/c1-11-7-12(9-13(17)8-11)14(19)18-16(5,6)10-15(2,3)4/h7-9H,10H2,1-6H3,(H,18,19). The van der Waals surface area contributed by atoms with Crippen LogP contribution in [0.15, 0.2) is 22.7 Å². The molecule has 0 radical (unpaired) electrons. The van der Waals surface area contributed by atoms with Crippen molar-refractivity contribution >= 4 is 21.8 Å². The first-order chi connectivity index (χ1) is 8.48. The van der Waals surface area contributed by atoms with Crippen LogP contribution in [0.2, 0.25) is 0 Å². The van der Waals surface area contributed by atoms with Crippen LogP contribution in [-0.4, -0.2) is 11.4 Å². The summed E-state index contributed by atoms with van der Waals surface area (Å²) in [6.07, 6.45) is 0.929. The second-order valence-corrected chi connectivity index (χ2v) is 8.01. The van der Waals surface area contributed by atoms with E-state index in [1.165, 1.54) is 0 Å². The summed E-state index contributed by atoms with van der Waals surface area (Å²) in [4.78, 5) is 12.3. The maximum atomic E-state index is 12.3. The molecular formula is C16H24BrNO.